The van der Waals surface area contributed by atoms with E-state index in [1.807, 2.05) is 0 Å². The molecule has 17 heavy (non-hydrogen) atoms. The van der Waals surface area contributed by atoms with E-state index in [2.05, 4.69) is 7.05 Å². The summed E-state index contributed by atoms with van der Waals surface area (Å²) >= 11 is 0. The zero-order valence-corrected chi connectivity index (χ0v) is 10.3. The highest BCUT2D eigenvalue weighted by molar-refractivity contribution is 5.70. The van der Waals surface area contributed by atoms with Crippen LogP contribution >= 0.6 is 0 Å². The van der Waals surface area contributed by atoms with Crippen molar-refractivity contribution in [3.63, 3.8) is 0 Å². The molecule has 3 heterocycles. The van der Waals surface area contributed by atoms with Crippen molar-refractivity contribution in [1.29, 1.82) is 0 Å². The molecule has 0 aromatic rings. The van der Waals surface area contributed by atoms with Gasteiger partial charge in [-0.3, -0.25) is 4.79 Å². The van der Waals surface area contributed by atoms with Gasteiger partial charge in [0.1, 0.15) is 5.92 Å². The highest BCUT2D eigenvalue weighted by Gasteiger charge is 2.46. The fourth-order valence-electron chi connectivity index (χ4n) is 2.70. The fraction of sp³-hybridized carbons (Fsp3) is 0.889. The molecule has 3 rings (SSSR count). The average Bonchev–Trinajstić information content (AvgIpc) is 2.15. The number of hydrogen-bond acceptors (Lipinski definition) is 5. The maximum atomic E-state index is 10.9. The first-order valence-electron chi connectivity index (χ1n) is 5.29. The van der Waals surface area contributed by atoms with Crippen molar-refractivity contribution in [3.8, 4) is 0 Å². The lowest BCUT2D eigenvalue weighted by molar-refractivity contribution is -2.00. The smallest absolute Gasteiger partial charge is 0.312 e. The predicted octanol–water partition coefficient (Wildman–Crippen LogP) is -4.20. The summed E-state index contributed by atoms with van der Waals surface area (Å²) in [7, 11) is -2.76. The minimum Gasteiger partial charge on any atom is -0.481 e. The van der Waals surface area contributed by atoms with Gasteiger partial charge < -0.3 is 9.59 Å². The number of hydrogen-bond donors (Lipinski definition) is 1. The van der Waals surface area contributed by atoms with Crippen LogP contribution in [-0.4, -0.2) is 42.2 Å². The molecule has 0 saturated carbocycles. The summed E-state index contributed by atoms with van der Waals surface area (Å²) in [5, 5.41) is 8.96. The second kappa shape index (κ2) is 5.05. The normalized spacial score (nSPS) is 36.1. The van der Waals surface area contributed by atoms with Crippen LogP contribution in [0.5, 0.6) is 0 Å². The lowest BCUT2D eigenvalue weighted by Gasteiger charge is -2.49. The molecule has 0 spiro atoms. The van der Waals surface area contributed by atoms with Gasteiger partial charge in [0.2, 0.25) is 0 Å². The molecule has 2 bridgehead atoms. The summed E-state index contributed by atoms with van der Waals surface area (Å²) < 4.78 is 35.0. The van der Waals surface area contributed by atoms with Crippen LogP contribution in [0.2, 0.25) is 0 Å². The van der Waals surface area contributed by atoms with Crippen molar-refractivity contribution in [2.45, 2.75) is 12.8 Å². The molecule has 3 aliphatic heterocycles. The molecule has 0 aromatic heterocycles. The number of carboxylic acid groups (broad SMARTS) is 1. The highest BCUT2D eigenvalue weighted by atomic mass is 35.7. The van der Waals surface area contributed by atoms with Crippen molar-refractivity contribution in [2.24, 2.45) is 11.8 Å². The second-order valence-corrected chi connectivity index (χ2v) is 5.67. The zero-order valence-electron chi connectivity index (χ0n) is 9.50. The Balaban J connectivity index is 0.000000249. The van der Waals surface area contributed by atoms with Gasteiger partial charge in [-0.1, -0.05) is 0 Å². The Labute approximate surface area is 101 Å². The second-order valence-electron chi connectivity index (χ2n) is 4.91. The van der Waals surface area contributed by atoms with Crippen molar-refractivity contribution < 1.29 is 43.3 Å². The van der Waals surface area contributed by atoms with Gasteiger partial charge in [-0.15, -0.1) is 10.2 Å². The van der Waals surface area contributed by atoms with Crippen LogP contribution in [0.15, 0.2) is 0 Å². The summed E-state index contributed by atoms with van der Waals surface area (Å²) in [6.07, 6.45) is 2.24. The summed E-state index contributed by atoms with van der Waals surface area (Å²) in [4.78, 5) is 10.9. The molecule has 0 radical (unpaired) electrons. The van der Waals surface area contributed by atoms with Crippen LogP contribution < -0.4 is 18.6 Å². The Morgan fingerprint density at radius 2 is 1.65 bits per heavy atom. The number of piperidine rings is 3. The first kappa shape index (κ1) is 14.6. The van der Waals surface area contributed by atoms with Gasteiger partial charge in [-0.05, 0) is 5.92 Å². The Bertz CT molecular complexity index is 278. The largest absolute Gasteiger partial charge is 0.481 e. The third-order valence-corrected chi connectivity index (χ3v) is 3.60. The van der Waals surface area contributed by atoms with Crippen molar-refractivity contribution >= 4 is 5.97 Å². The van der Waals surface area contributed by atoms with Gasteiger partial charge in [-0.2, -0.15) is 0 Å². The van der Waals surface area contributed by atoms with Crippen molar-refractivity contribution in [2.75, 3.05) is 26.7 Å². The van der Waals surface area contributed by atoms with E-state index >= 15 is 0 Å². The van der Waals surface area contributed by atoms with Crippen LogP contribution in [0.3, 0.4) is 0 Å². The number of nitrogens with zero attached hydrogens (tertiary/aromatic N) is 1. The fourth-order valence-corrected chi connectivity index (χ4v) is 2.70. The average molecular weight is 270 g/mol. The summed E-state index contributed by atoms with van der Waals surface area (Å²) in [5.74, 6) is -0.163. The van der Waals surface area contributed by atoms with E-state index in [4.69, 9.17) is 23.7 Å². The molecule has 0 aliphatic carbocycles. The van der Waals surface area contributed by atoms with Crippen LogP contribution in [-0.2, 0) is 4.79 Å². The first-order valence-corrected chi connectivity index (χ1v) is 6.52. The monoisotopic (exact) mass is 269 g/mol. The van der Waals surface area contributed by atoms with E-state index in [1.54, 1.807) is 0 Å². The number of rotatable bonds is 1. The summed E-state index contributed by atoms with van der Waals surface area (Å²) in [6.45, 7) is 3.24. The Morgan fingerprint density at radius 3 is 1.88 bits per heavy atom. The molecule has 1 unspecified atom stereocenters. The molecule has 3 saturated heterocycles. The minimum atomic E-state index is -4.94. The molecule has 3 aliphatic rings. The van der Waals surface area contributed by atoms with Crippen molar-refractivity contribution in [1.82, 2.24) is 0 Å². The molecular weight excluding hydrogens is 254 g/mol. The van der Waals surface area contributed by atoms with Crippen LogP contribution in [0, 0.1) is 22.1 Å². The van der Waals surface area contributed by atoms with Crippen LogP contribution in [0.1, 0.15) is 12.8 Å². The zero-order chi connectivity index (χ0) is 13.3. The van der Waals surface area contributed by atoms with Gasteiger partial charge in [-0.25, -0.2) is 18.6 Å². The van der Waals surface area contributed by atoms with Crippen molar-refractivity contribution in [3.05, 3.63) is 0 Å². The molecular formula is C9H16ClNO6. The van der Waals surface area contributed by atoms with E-state index in [-0.39, 0.29) is 5.92 Å². The first-order chi connectivity index (χ1) is 7.61. The van der Waals surface area contributed by atoms with E-state index in [9.17, 15) is 4.79 Å². The molecule has 100 valence electrons. The number of quaternary nitrogens is 1. The lowest BCUT2D eigenvalue weighted by atomic mass is 9.77. The molecule has 3 fully saturated rings. The van der Waals surface area contributed by atoms with Crippen LogP contribution in [0.4, 0.5) is 0 Å². The quantitative estimate of drug-likeness (QED) is 0.481. The van der Waals surface area contributed by atoms with Gasteiger partial charge in [0.05, 0.1) is 26.7 Å². The SMILES string of the molecule is C[N+]12CCC(CC1)C(C(=O)O)C2.[O-][Cl+3]([O-])([O-])[O-]. The molecule has 7 nitrogen and oxygen atoms in total. The van der Waals surface area contributed by atoms with E-state index in [0.717, 1.165) is 23.9 Å². The number of fused-ring (bicyclic) bond motifs is 3. The number of carbonyl (C=O) groups is 1. The highest BCUT2D eigenvalue weighted by Crippen LogP contribution is 2.36. The number of halogens is 1. The van der Waals surface area contributed by atoms with E-state index < -0.39 is 16.2 Å². The Morgan fingerprint density at radius 1 is 1.24 bits per heavy atom. The van der Waals surface area contributed by atoms with E-state index in [1.165, 1.54) is 13.1 Å². The number of carboxylic acids is 1. The third kappa shape index (κ3) is 4.74. The molecule has 0 aromatic carbocycles. The lowest BCUT2D eigenvalue weighted by Crippen LogP contribution is -2.68. The van der Waals surface area contributed by atoms with E-state index in [0.29, 0.717) is 5.92 Å². The third-order valence-electron chi connectivity index (χ3n) is 3.60. The summed E-state index contributed by atoms with van der Waals surface area (Å²) in [6, 6.07) is 0. The molecule has 1 N–H and O–H groups in total. The standard InChI is InChI=1S/C9H15NO2.ClHO4/c1-10-4-2-7(3-5-10)8(6-10)9(11)12;2-1(3,4)5/h7-8H,2-6H2,1H3;(H,2,3,4,5). The van der Waals surface area contributed by atoms with Crippen LogP contribution in [0.25, 0.3) is 0 Å². The maximum absolute atomic E-state index is 10.9. The van der Waals surface area contributed by atoms with Gasteiger partial charge in [0.15, 0.2) is 0 Å². The summed E-state index contributed by atoms with van der Waals surface area (Å²) in [5.41, 5.74) is 0. The van der Waals surface area contributed by atoms with Gasteiger partial charge in [0.25, 0.3) is 0 Å². The minimum absolute atomic E-state index is 0.0579. The molecule has 0 amide bonds. The molecule has 1 atom stereocenters. The van der Waals surface area contributed by atoms with Gasteiger partial charge in [0, 0.05) is 12.8 Å². The Kier molecular flexibility index (Phi) is 4.34. The van der Waals surface area contributed by atoms with Gasteiger partial charge >= 0.3 is 5.97 Å². The molecule has 8 heteroatoms. The number of aliphatic carboxylic acids is 1. The topological polar surface area (TPSA) is 130 Å². The predicted molar refractivity (Wildman–Crippen MR) is 44.6 cm³/mol. The maximum Gasteiger partial charge on any atom is 0.312 e. The Hall–Kier alpha value is -0.440.